The summed E-state index contributed by atoms with van der Waals surface area (Å²) < 4.78 is 1.66. The second-order valence-corrected chi connectivity index (χ2v) is 2.88. The minimum Gasteiger partial charge on any atom is -0.377 e. The Hall–Kier alpha value is 0.870. The molecule has 1 radical (unpaired) electrons. The predicted octanol–water partition coefficient (Wildman–Crippen LogP) is 0.0647. The molecular formula is C2H5AgN3S2. The second-order valence-electron chi connectivity index (χ2n) is 1.08. The Morgan fingerprint density at radius 3 is 2.62 bits per heavy atom. The van der Waals surface area contributed by atoms with Crippen molar-refractivity contribution in [3.8, 4) is 0 Å². The molecule has 1 heterocycles. The molecule has 0 aliphatic carbocycles. The largest absolute Gasteiger partial charge is 0.377 e. The first-order chi connectivity index (χ1) is 3.29. The number of hydrogen-bond donors (Lipinski definition) is 2. The summed E-state index contributed by atoms with van der Waals surface area (Å²) in [6.45, 7) is 0.597. The van der Waals surface area contributed by atoms with E-state index in [9.17, 15) is 0 Å². The number of nitrogens with two attached hydrogens (primary N) is 1. The second kappa shape index (κ2) is 3.81. The van der Waals surface area contributed by atoms with Crippen molar-refractivity contribution in [1.82, 2.24) is 3.71 Å². The van der Waals surface area contributed by atoms with Crippen LogP contribution in [0.4, 0.5) is 0 Å². The van der Waals surface area contributed by atoms with Gasteiger partial charge in [-0.2, -0.15) is 3.71 Å². The molecule has 3 nitrogen and oxygen atoms in total. The summed E-state index contributed by atoms with van der Waals surface area (Å²) in [4.78, 5) is 3.82. The van der Waals surface area contributed by atoms with Crippen molar-refractivity contribution in [2.75, 3.05) is 6.67 Å². The van der Waals surface area contributed by atoms with Crippen LogP contribution in [0.2, 0.25) is 0 Å². The molecule has 0 bridgehead atoms. The van der Waals surface area contributed by atoms with Crippen LogP contribution in [0.5, 0.6) is 0 Å². The summed E-state index contributed by atoms with van der Waals surface area (Å²) in [5.74, 6) is 0. The molecule has 0 unspecified atom stereocenters. The van der Waals surface area contributed by atoms with Crippen molar-refractivity contribution in [3.63, 3.8) is 0 Å². The van der Waals surface area contributed by atoms with Crippen molar-refractivity contribution < 1.29 is 22.4 Å². The third-order valence-corrected chi connectivity index (χ3v) is 1.56. The van der Waals surface area contributed by atoms with Gasteiger partial charge in [0.05, 0.1) is 0 Å². The molecule has 2 N–H and O–H groups in total. The molecule has 0 spiro atoms. The van der Waals surface area contributed by atoms with E-state index >= 15 is 0 Å². The number of rotatable bonds is 0. The van der Waals surface area contributed by atoms with Crippen molar-refractivity contribution in [3.05, 3.63) is 0 Å². The Kier molecular flexibility index (Phi) is 4.23. The van der Waals surface area contributed by atoms with Gasteiger partial charge in [-0.25, -0.2) is 4.99 Å². The number of thiol groups is 1. The van der Waals surface area contributed by atoms with E-state index in [1.165, 1.54) is 11.9 Å². The van der Waals surface area contributed by atoms with Crippen LogP contribution in [0.3, 0.4) is 0 Å². The summed E-state index contributed by atoms with van der Waals surface area (Å²) in [7, 11) is 0. The van der Waals surface area contributed by atoms with Gasteiger partial charge in [-0.1, -0.05) is 12.8 Å². The molecule has 1 aliphatic rings. The molecule has 0 aromatic rings. The third-order valence-electron chi connectivity index (χ3n) is 0.546. The Balaban J connectivity index is 0.000000490. The maximum Gasteiger partial charge on any atom is 0.171 e. The first-order valence-electron chi connectivity index (χ1n) is 1.73. The smallest absolute Gasteiger partial charge is 0.171 e. The van der Waals surface area contributed by atoms with Crippen molar-refractivity contribution in [2.45, 2.75) is 0 Å². The summed E-state index contributed by atoms with van der Waals surface area (Å²) in [5, 5.41) is 0.593. The van der Waals surface area contributed by atoms with Gasteiger partial charge < -0.3 is 5.73 Å². The molecule has 0 saturated heterocycles. The van der Waals surface area contributed by atoms with Crippen molar-refractivity contribution in [2.24, 2.45) is 10.7 Å². The zero-order chi connectivity index (χ0) is 5.28. The van der Waals surface area contributed by atoms with E-state index in [2.05, 4.69) is 17.8 Å². The fourth-order valence-electron chi connectivity index (χ4n) is 0.296. The molecule has 6 heteroatoms. The fraction of sp³-hybridized carbons (Fsp3) is 0.500. The molecule has 0 aromatic carbocycles. The molecule has 0 amide bonds. The van der Waals surface area contributed by atoms with Crippen LogP contribution in [0.25, 0.3) is 0 Å². The van der Waals surface area contributed by atoms with Crippen LogP contribution >= 0.6 is 24.8 Å². The van der Waals surface area contributed by atoms with Crippen LogP contribution in [0, 0.1) is 0 Å². The third kappa shape index (κ3) is 2.43. The molecule has 8 heavy (non-hydrogen) atoms. The van der Waals surface area contributed by atoms with Gasteiger partial charge in [0.25, 0.3) is 0 Å². The van der Waals surface area contributed by atoms with E-state index in [-0.39, 0.29) is 22.4 Å². The van der Waals surface area contributed by atoms with E-state index in [1.54, 1.807) is 3.71 Å². The van der Waals surface area contributed by atoms with Gasteiger partial charge in [0.15, 0.2) is 5.17 Å². The molecule has 1 aliphatic heterocycles. The monoisotopic (exact) mass is 242 g/mol. The first kappa shape index (κ1) is 8.87. The first-order valence-corrected chi connectivity index (χ1v) is 2.90. The van der Waals surface area contributed by atoms with Crippen LogP contribution < -0.4 is 5.73 Å². The van der Waals surface area contributed by atoms with Gasteiger partial charge in [0.2, 0.25) is 0 Å². The van der Waals surface area contributed by atoms with Crippen LogP contribution in [0.1, 0.15) is 0 Å². The van der Waals surface area contributed by atoms with E-state index in [0.29, 0.717) is 11.8 Å². The van der Waals surface area contributed by atoms with Crippen LogP contribution in [-0.2, 0) is 22.4 Å². The van der Waals surface area contributed by atoms with Gasteiger partial charge in [-0.15, -0.1) is 0 Å². The SMILES string of the molecule is NC1=NCN(S)S1.[Ag]. The van der Waals surface area contributed by atoms with Gasteiger partial charge in [0.1, 0.15) is 6.67 Å². The zero-order valence-electron chi connectivity index (χ0n) is 3.84. The van der Waals surface area contributed by atoms with E-state index < -0.39 is 0 Å². The summed E-state index contributed by atoms with van der Waals surface area (Å²) in [6, 6.07) is 0. The van der Waals surface area contributed by atoms with Crippen LogP contribution in [0.15, 0.2) is 4.99 Å². The molecule has 1 rings (SSSR count). The maximum atomic E-state index is 5.25. The van der Waals surface area contributed by atoms with Gasteiger partial charge in [0, 0.05) is 34.3 Å². The zero-order valence-corrected chi connectivity index (χ0v) is 7.03. The molecule has 0 aromatic heterocycles. The average molecular weight is 243 g/mol. The number of nitrogens with zero attached hydrogens (tertiary/aromatic N) is 2. The van der Waals surface area contributed by atoms with Gasteiger partial charge in [-0.05, 0) is 0 Å². The molecule has 0 saturated carbocycles. The van der Waals surface area contributed by atoms with Gasteiger partial charge >= 0.3 is 0 Å². The maximum absolute atomic E-state index is 5.25. The standard InChI is InChI=1S/C2H5N3S2.Ag/c3-2-4-1-5(6)7-2;/h6H,1H2,(H2,3,4);. The quantitative estimate of drug-likeness (QED) is 0.359. The topological polar surface area (TPSA) is 41.6 Å². The number of aliphatic imine (C=N–C) groups is 1. The minimum atomic E-state index is 0. The molecule has 0 atom stereocenters. The molecular weight excluding hydrogens is 238 g/mol. The number of hydrogen-bond acceptors (Lipinski definition) is 5. The predicted molar refractivity (Wildman–Crippen MR) is 34.9 cm³/mol. The molecule has 51 valence electrons. The Bertz CT molecular complexity index is 105. The molecule has 0 fully saturated rings. The summed E-state index contributed by atoms with van der Waals surface area (Å²) in [6.07, 6.45) is 0. The van der Waals surface area contributed by atoms with Crippen LogP contribution in [-0.4, -0.2) is 15.5 Å². The van der Waals surface area contributed by atoms with Crippen molar-refractivity contribution >= 4 is 29.9 Å². The van der Waals surface area contributed by atoms with E-state index in [4.69, 9.17) is 5.73 Å². The Morgan fingerprint density at radius 2 is 2.50 bits per heavy atom. The fourth-order valence-corrected chi connectivity index (χ4v) is 1.06. The average Bonchev–Trinajstić information content (AvgIpc) is 1.87. The number of amidine groups is 1. The normalized spacial score (nSPS) is 19.9. The summed E-state index contributed by atoms with van der Waals surface area (Å²) in [5.41, 5.74) is 5.25. The van der Waals surface area contributed by atoms with Crippen molar-refractivity contribution in [1.29, 1.82) is 0 Å². The summed E-state index contributed by atoms with van der Waals surface area (Å²) >= 11 is 5.30. The van der Waals surface area contributed by atoms with Gasteiger partial charge in [-0.3, -0.25) is 0 Å². The Morgan fingerprint density at radius 1 is 1.88 bits per heavy atom. The van der Waals surface area contributed by atoms with E-state index in [0.717, 1.165) is 0 Å². The van der Waals surface area contributed by atoms with E-state index in [1.807, 2.05) is 0 Å². The Labute approximate surface area is 73.3 Å². The minimum absolute atomic E-state index is 0.